The molecule has 0 aliphatic rings. The lowest BCUT2D eigenvalue weighted by molar-refractivity contribution is -0.384. The number of hydrogen-bond acceptors (Lipinski definition) is 6. The van der Waals surface area contributed by atoms with Crippen molar-refractivity contribution < 1.29 is 9.66 Å². The molecule has 0 fully saturated rings. The van der Waals surface area contributed by atoms with Crippen molar-refractivity contribution in [2.75, 3.05) is 5.43 Å². The molecule has 1 aromatic heterocycles. The second-order valence-electron chi connectivity index (χ2n) is 5.19. The van der Waals surface area contributed by atoms with Gasteiger partial charge in [0.1, 0.15) is 5.75 Å². The van der Waals surface area contributed by atoms with Gasteiger partial charge in [0.05, 0.1) is 17.2 Å². The number of pyridine rings is 1. The number of aryl methyl sites for hydroxylation is 1. The molecule has 0 radical (unpaired) electrons. The van der Waals surface area contributed by atoms with Crippen LogP contribution in [0.5, 0.6) is 5.75 Å². The van der Waals surface area contributed by atoms with Crippen molar-refractivity contribution in [3.05, 3.63) is 57.8 Å². The zero-order chi connectivity index (χ0) is 16.8. The monoisotopic (exact) mass is 314 g/mol. The molecule has 7 heteroatoms. The van der Waals surface area contributed by atoms with Gasteiger partial charge in [-0.3, -0.25) is 15.5 Å². The Labute approximate surface area is 134 Å². The molecular formula is C16H18N4O3. The van der Waals surface area contributed by atoms with E-state index >= 15 is 0 Å². The minimum Gasteiger partial charge on any atom is -0.491 e. The highest BCUT2D eigenvalue weighted by Crippen LogP contribution is 2.21. The van der Waals surface area contributed by atoms with Gasteiger partial charge in [-0.15, -0.1) is 0 Å². The summed E-state index contributed by atoms with van der Waals surface area (Å²) >= 11 is 0. The smallest absolute Gasteiger partial charge is 0.313 e. The quantitative estimate of drug-likeness (QED) is 0.500. The Morgan fingerprint density at radius 1 is 1.35 bits per heavy atom. The van der Waals surface area contributed by atoms with Crippen LogP contribution in [0.4, 0.5) is 11.5 Å². The minimum absolute atomic E-state index is 0.0828. The van der Waals surface area contributed by atoms with E-state index < -0.39 is 4.92 Å². The number of nitro groups is 1. The molecule has 0 aliphatic heterocycles. The molecular weight excluding hydrogens is 296 g/mol. The van der Waals surface area contributed by atoms with E-state index in [1.807, 2.05) is 38.1 Å². The number of benzene rings is 1. The van der Waals surface area contributed by atoms with E-state index in [0.717, 1.165) is 11.3 Å². The van der Waals surface area contributed by atoms with E-state index in [2.05, 4.69) is 15.5 Å². The first-order valence-corrected chi connectivity index (χ1v) is 7.13. The number of rotatable bonds is 6. The van der Waals surface area contributed by atoms with Crippen LogP contribution in [-0.4, -0.2) is 22.2 Å². The number of aromatic nitrogens is 1. The molecule has 0 unspecified atom stereocenters. The summed E-state index contributed by atoms with van der Waals surface area (Å²) in [6.45, 7) is 5.65. The average Bonchev–Trinajstić information content (AvgIpc) is 2.46. The van der Waals surface area contributed by atoms with Crippen LogP contribution >= 0.6 is 0 Å². The Bertz CT molecular complexity index is 729. The molecule has 2 aromatic rings. The third-order valence-corrected chi connectivity index (χ3v) is 2.82. The number of ether oxygens (including phenoxy) is 1. The lowest BCUT2D eigenvalue weighted by Crippen LogP contribution is -2.05. The van der Waals surface area contributed by atoms with E-state index in [-0.39, 0.29) is 17.6 Å². The van der Waals surface area contributed by atoms with E-state index in [0.29, 0.717) is 5.69 Å². The van der Waals surface area contributed by atoms with Gasteiger partial charge in [0.2, 0.25) is 5.82 Å². The number of anilines is 1. The van der Waals surface area contributed by atoms with E-state index in [1.54, 1.807) is 19.2 Å². The fourth-order valence-electron chi connectivity index (χ4n) is 1.89. The zero-order valence-corrected chi connectivity index (χ0v) is 13.2. The normalized spacial score (nSPS) is 11.0. The number of hydrazone groups is 1. The number of hydrogen-bond donors (Lipinski definition) is 1. The van der Waals surface area contributed by atoms with Gasteiger partial charge in [0.25, 0.3) is 0 Å². The fourth-order valence-corrected chi connectivity index (χ4v) is 1.89. The van der Waals surface area contributed by atoms with Crippen LogP contribution < -0.4 is 10.2 Å². The molecule has 0 aliphatic carbocycles. The second-order valence-corrected chi connectivity index (χ2v) is 5.19. The van der Waals surface area contributed by atoms with Gasteiger partial charge >= 0.3 is 5.69 Å². The molecule has 0 saturated carbocycles. The standard InChI is InChI=1S/C16H18N4O3/c1-11(2)23-14-6-4-5-13(9-14)10-17-19-16-15(20(21)22)8-7-12(3)18-16/h4-11H,1-3H3,(H,18,19)/b17-10-. The lowest BCUT2D eigenvalue weighted by Gasteiger charge is -2.09. The summed E-state index contributed by atoms with van der Waals surface area (Å²) in [5.41, 5.74) is 3.98. The first-order valence-electron chi connectivity index (χ1n) is 7.13. The van der Waals surface area contributed by atoms with Crippen molar-refractivity contribution in [2.45, 2.75) is 26.9 Å². The molecule has 0 amide bonds. The van der Waals surface area contributed by atoms with Crippen LogP contribution in [0.1, 0.15) is 25.1 Å². The van der Waals surface area contributed by atoms with Crippen LogP contribution in [0.2, 0.25) is 0 Å². The molecule has 2 rings (SSSR count). The van der Waals surface area contributed by atoms with Gasteiger partial charge in [-0.05, 0) is 44.5 Å². The Morgan fingerprint density at radius 2 is 2.13 bits per heavy atom. The van der Waals surface area contributed by atoms with E-state index in [4.69, 9.17) is 4.74 Å². The molecule has 0 spiro atoms. The highest BCUT2D eigenvalue weighted by atomic mass is 16.6. The summed E-state index contributed by atoms with van der Waals surface area (Å²) < 4.78 is 5.60. The first kappa shape index (κ1) is 16.4. The molecule has 0 saturated heterocycles. The van der Waals surface area contributed by atoms with Crippen molar-refractivity contribution in [2.24, 2.45) is 5.10 Å². The lowest BCUT2D eigenvalue weighted by atomic mass is 10.2. The number of nitrogens with zero attached hydrogens (tertiary/aromatic N) is 3. The first-order chi connectivity index (χ1) is 11.0. The predicted molar refractivity (Wildman–Crippen MR) is 89.1 cm³/mol. The maximum absolute atomic E-state index is 11.0. The van der Waals surface area contributed by atoms with Crippen molar-refractivity contribution in [3.63, 3.8) is 0 Å². The van der Waals surface area contributed by atoms with Crippen molar-refractivity contribution in [1.29, 1.82) is 0 Å². The summed E-state index contributed by atoms with van der Waals surface area (Å²) in [6, 6.07) is 10.4. The van der Waals surface area contributed by atoms with Gasteiger partial charge < -0.3 is 4.74 Å². The summed E-state index contributed by atoms with van der Waals surface area (Å²) in [5, 5.41) is 15.0. The molecule has 1 N–H and O–H groups in total. The minimum atomic E-state index is -0.499. The van der Waals surface area contributed by atoms with E-state index in [9.17, 15) is 10.1 Å². The Balaban J connectivity index is 2.13. The molecule has 0 atom stereocenters. The maximum Gasteiger partial charge on any atom is 0.313 e. The van der Waals surface area contributed by atoms with Gasteiger partial charge in [0.15, 0.2) is 0 Å². The highest BCUT2D eigenvalue weighted by molar-refractivity contribution is 5.81. The van der Waals surface area contributed by atoms with Gasteiger partial charge in [-0.1, -0.05) is 12.1 Å². The predicted octanol–water partition coefficient (Wildman–Crippen LogP) is 3.53. The molecule has 7 nitrogen and oxygen atoms in total. The fraction of sp³-hybridized carbons (Fsp3) is 0.250. The molecule has 1 aromatic carbocycles. The number of nitrogens with one attached hydrogen (secondary N) is 1. The second kappa shape index (κ2) is 7.35. The summed E-state index contributed by atoms with van der Waals surface area (Å²) in [7, 11) is 0. The van der Waals surface area contributed by atoms with Crippen molar-refractivity contribution >= 4 is 17.7 Å². The van der Waals surface area contributed by atoms with Crippen LogP contribution in [0.25, 0.3) is 0 Å². The highest BCUT2D eigenvalue weighted by Gasteiger charge is 2.14. The average molecular weight is 314 g/mol. The summed E-state index contributed by atoms with van der Waals surface area (Å²) in [5.74, 6) is 0.851. The third-order valence-electron chi connectivity index (χ3n) is 2.82. The summed E-state index contributed by atoms with van der Waals surface area (Å²) in [6.07, 6.45) is 1.64. The van der Waals surface area contributed by atoms with Gasteiger partial charge in [-0.2, -0.15) is 5.10 Å². The molecule has 1 heterocycles. The molecule has 0 bridgehead atoms. The maximum atomic E-state index is 11.0. The van der Waals surface area contributed by atoms with Crippen LogP contribution in [0.15, 0.2) is 41.5 Å². The van der Waals surface area contributed by atoms with Crippen molar-refractivity contribution in [1.82, 2.24) is 4.98 Å². The summed E-state index contributed by atoms with van der Waals surface area (Å²) in [4.78, 5) is 14.6. The van der Waals surface area contributed by atoms with Crippen molar-refractivity contribution in [3.8, 4) is 5.75 Å². The van der Waals surface area contributed by atoms with Gasteiger partial charge in [0, 0.05) is 11.8 Å². The SMILES string of the molecule is Cc1ccc([N+](=O)[O-])c(N/N=C\c2cccc(OC(C)C)c2)n1. The van der Waals surface area contributed by atoms with Crippen LogP contribution in [0, 0.1) is 17.0 Å². The van der Waals surface area contributed by atoms with Gasteiger partial charge in [-0.25, -0.2) is 4.98 Å². The van der Waals surface area contributed by atoms with Crippen LogP contribution in [0.3, 0.4) is 0 Å². The van der Waals surface area contributed by atoms with Crippen LogP contribution in [-0.2, 0) is 0 Å². The Kier molecular flexibility index (Phi) is 5.24. The van der Waals surface area contributed by atoms with E-state index in [1.165, 1.54) is 6.07 Å². The topological polar surface area (TPSA) is 89.7 Å². The molecule has 120 valence electrons. The molecule has 23 heavy (non-hydrogen) atoms. The largest absolute Gasteiger partial charge is 0.491 e. The zero-order valence-electron chi connectivity index (χ0n) is 13.2. The third kappa shape index (κ3) is 4.77. The Hall–Kier alpha value is -2.96. The Morgan fingerprint density at radius 3 is 2.83 bits per heavy atom.